The van der Waals surface area contributed by atoms with Crippen LogP contribution in [0.1, 0.15) is 24.0 Å². The third-order valence-corrected chi connectivity index (χ3v) is 5.25. The number of nitrogens with zero attached hydrogens (tertiary/aromatic N) is 1. The SMILES string of the molecule is O=C(O)CCCOc1ccc(-c2ccc(OCc3ccccc3)nc2OCc2ccccc2)cc1. The van der Waals surface area contributed by atoms with Crippen LogP contribution in [-0.2, 0) is 18.0 Å². The summed E-state index contributed by atoms with van der Waals surface area (Å²) < 4.78 is 17.7. The summed E-state index contributed by atoms with van der Waals surface area (Å²) in [7, 11) is 0. The standard InChI is InChI=1S/C29H27NO5/c31-28(32)12-7-19-33-25-15-13-24(14-16-25)26-17-18-27(34-20-22-8-3-1-4-9-22)30-29(26)35-21-23-10-5-2-6-11-23/h1-6,8-11,13-18H,7,12,19-21H2,(H,31,32). The fourth-order valence-electron chi connectivity index (χ4n) is 3.44. The molecule has 35 heavy (non-hydrogen) atoms. The van der Waals surface area contributed by atoms with Gasteiger partial charge in [-0.15, -0.1) is 0 Å². The van der Waals surface area contributed by atoms with E-state index in [0.717, 1.165) is 22.3 Å². The van der Waals surface area contributed by atoms with Crippen molar-refractivity contribution in [2.24, 2.45) is 0 Å². The first-order chi connectivity index (χ1) is 17.2. The predicted molar refractivity (Wildman–Crippen MR) is 134 cm³/mol. The summed E-state index contributed by atoms with van der Waals surface area (Å²) in [5, 5.41) is 8.74. The van der Waals surface area contributed by atoms with Crippen LogP contribution in [0.2, 0.25) is 0 Å². The van der Waals surface area contributed by atoms with Crippen LogP contribution in [0, 0.1) is 0 Å². The van der Waals surface area contributed by atoms with Crippen LogP contribution in [0.3, 0.4) is 0 Å². The Bertz CT molecular complexity index is 1210. The third kappa shape index (κ3) is 7.33. The fourth-order valence-corrected chi connectivity index (χ4v) is 3.44. The molecule has 0 bridgehead atoms. The first-order valence-corrected chi connectivity index (χ1v) is 11.5. The third-order valence-electron chi connectivity index (χ3n) is 5.25. The van der Waals surface area contributed by atoms with Crippen LogP contribution in [0.25, 0.3) is 11.1 Å². The second kappa shape index (κ2) is 12.2. The number of benzene rings is 3. The van der Waals surface area contributed by atoms with Crippen LogP contribution in [0.4, 0.5) is 0 Å². The van der Waals surface area contributed by atoms with Crippen LogP contribution in [0.15, 0.2) is 97.1 Å². The maximum atomic E-state index is 10.6. The Morgan fingerprint density at radius 1 is 0.714 bits per heavy atom. The molecule has 0 amide bonds. The van der Waals surface area contributed by atoms with Crippen LogP contribution in [0.5, 0.6) is 17.5 Å². The molecule has 6 heteroatoms. The topological polar surface area (TPSA) is 77.9 Å². The monoisotopic (exact) mass is 469 g/mol. The summed E-state index contributed by atoms with van der Waals surface area (Å²) >= 11 is 0. The quantitative estimate of drug-likeness (QED) is 0.251. The summed E-state index contributed by atoms with van der Waals surface area (Å²) in [6, 6.07) is 31.2. The smallest absolute Gasteiger partial charge is 0.303 e. The van der Waals surface area contributed by atoms with Gasteiger partial charge < -0.3 is 19.3 Å². The van der Waals surface area contributed by atoms with E-state index >= 15 is 0 Å². The highest BCUT2D eigenvalue weighted by Crippen LogP contribution is 2.32. The average Bonchev–Trinajstić information content (AvgIpc) is 2.90. The van der Waals surface area contributed by atoms with Crippen molar-refractivity contribution in [1.82, 2.24) is 4.98 Å². The predicted octanol–water partition coefficient (Wildman–Crippen LogP) is 6.15. The maximum absolute atomic E-state index is 10.6. The van der Waals surface area contributed by atoms with Crippen molar-refractivity contribution in [3.63, 3.8) is 0 Å². The molecule has 0 atom stereocenters. The van der Waals surface area contributed by atoms with E-state index in [2.05, 4.69) is 4.98 Å². The highest BCUT2D eigenvalue weighted by atomic mass is 16.5. The number of rotatable bonds is 12. The Morgan fingerprint density at radius 2 is 1.34 bits per heavy atom. The number of pyridine rings is 1. The van der Waals surface area contributed by atoms with Gasteiger partial charge in [0.2, 0.25) is 11.8 Å². The largest absolute Gasteiger partial charge is 0.494 e. The Morgan fingerprint density at radius 3 is 1.97 bits per heavy atom. The Labute approximate surface area is 204 Å². The van der Waals surface area contributed by atoms with E-state index in [4.69, 9.17) is 19.3 Å². The van der Waals surface area contributed by atoms with Crippen LogP contribution >= 0.6 is 0 Å². The van der Waals surface area contributed by atoms with Gasteiger partial charge in [0.15, 0.2) is 0 Å². The normalized spacial score (nSPS) is 10.5. The molecule has 0 unspecified atom stereocenters. The molecule has 0 saturated heterocycles. The van der Waals surface area contributed by atoms with Gasteiger partial charge in [0.25, 0.3) is 0 Å². The van der Waals surface area contributed by atoms with Gasteiger partial charge >= 0.3 is 5.97 Å². The van der Waals surface area contributed by atoms with Gasteiger partial charge in [-0.2, -0.15) is 4.98 Å². The molecule has 6 nitrogen and oxygen atoms in total. The zero-order valence-electron chi connectivity index (χ0n) is 19.3. The van der Waals surface area contributed by atoms with Gasteiger partial charge in [0, 0.05) is 18.1 Å². The molecule has 4 aromatic rings. The van der Waals surface area contributed by atoms with E-state index in [1.807, 2.05) is 97.1 Å². The van der Waals surface area contributed by atoms with Crippen LogP contribution < -0.4 is 14.2 Å². The minimum absolute atomic E-state index is 0.0879. The molecule has 0 radical (unpaired) electrons. The Hall–Kier alpha value is -4.32. The molecule has 1 aromatic heterocycles. The van der Waals surface area contributed by atoms with Gasteiger partial charge in [0.1, 0.15) is 19.0 Å². The molecule has 0 aliphatic carbocycles. The van der Waals surface area contributed by atoms with Crippen molar-refractivity contribution in [2.45, 2.75) is 26.1 Å². The average molecular weight is 470 g/mol. The number of hydrogen-bond acceptors (Lipinski definition) is 5. The lowest BCUT2D eigenvalue weighted by atomic mass is 10.1. The van der Waals surface area contributed by atoms with E-state index in [0.29, 0.717) is 43.8 Å². The minimum atomic E-state index is -0.823. The zero-order chi connectivity index (χ0) is 24.3. The number of ether oxygens (including phenoxy) is 3. The number of carboxylic acid groups (broad SMARTS) is 1. The molecule has 0 spiro atoms. The Balaban J connectivity index is 1.49. The summed E-state index contributed by atoms with van der Waals surface area (Å²) in [4.78, 5) is 15.3. The van der Waals surface area contributed by atoms with Gasteiger partial charge in [-0.05, 0) is 41.3 Å². The number of hydrogen-bond donors (Lipinski definition) is 1. The highest BCUT2D eigenvalue weighted by molar-refractivity contribution is 5.69. The lowest BCUT2D eigenvalue weighted by Crippen LogP contribution is -2.03. The summed E-state index contributed by atoms with van der Waals surface area (Å²) in [6.07, 6.45) is 0.549. The number of aliphatic carboxylic acids is 1. The lowest BCUT2D eigenvalue weighted by molar-refractivity contribution is -0.137. The van der Waals surface area contributed by atoms with Crippen molar-refractivity contribution < 1.29 is 24.1 Å². The van der Waals surface area contributed by atoms with Crippen LogP contribution in [-0.4, -0.2) is 22.7 Å². The Kier molecular flexibility index (Phi) is 8.32. The van der Waals surface area contributed by atoms with E-state index in [1.165, 1.54) is 0 Å². The molecule has 4 rings (SSSR count). The number of aromatic nitrogens is 1. The molecule has 1 N–H and O–H groups in total. The number of carboxylic acids is 1. The van der Waals surface area contributed by atoms with E-state index in [1.54, 1.807) is 0 Å². The van der Waals surface area contributed by atoms with Crippen molar-refractivity contribution in [1.29, 1.82) is 0 Å². The molecular weight excluding hydrogens is 442 g/mol. The van der Waals surface area contributed by atoms with Gasteiger partial charge in [-0.25, -0.2) is 0 Å². The molecule has 178 valence electrons. The molecular formula is C29H27NO5. The van der Waals surface area contributed by atoms with E-state index < -0.39 is 5.97 Å². The fraction of sp³-hybridized carbons (Fsp3) is 0.172. The summed E-state index contributed by atoms with van der Waals surface area (Å²) in [5.41, 5.74) is 3.86. The molecule has 3 aromatic carbocycles. The van der Waals surface area contributed by atoms with Crippen molar-refractivity contribution in [3.8, 4) is 28.6 Å². The van der Waals surface area contributed by atoms with Crippen molar-refractivity contribution in [3.05, 3.63) is 108 Å². The summed E-state index contributed by atoms with van der Waals surface area (Å²) in [6.45, 7) is 1.15. The first kappa shape index (κ1) is 23.8. The second-order valence-corrected chi connectivity index (χ2v) is 7.92. The maximum Gasteiger partial charge on any atom is 0.303 e. The zero-order valence-corrected chi connectivity index (χ0v) is 19.3. The second-order valence-electron chi connectivity index (χ2n) is 7.92. The highest BCUT2D eigenvalue weighted by Gasteiger charge is 2.12. The van der Waals surface area contributed by atoms with Gasteiger partial charge in [0.05, 0.1) is 6.61 Å². The van der Waals surface area contributed by atoms with E-state index in [9.17, 15) is 4.79 Å². The van der Waals surface area contributed by atoms with Gasteiger partial charge in [-0.1, -0.05) is 72.8 Å². The minimum Gasteiger partial charge on any atom is -0.494 e. The lowest BCUT2D eigenvalue weighted by Gasteiger charge is -2.14. The molecule has 0 aliphatic heterocycles. The van der Waals surface area contributed by atoms with Crippen molar-refractivity contribution >= 4 is 5.97 Å². The first-order valence-electron chi connectivity index (χ1n) is 11.5. The molecule has 0 fully saturated rings. The number of carbonyl (C=O) groups is 1. The molecule has 0 aliphatic rings. The van der Waals surface area contributed by atoms with E-state index in [-0.39, 0.29) is 6.42 Å². The molecule has 1 heterocycles. The van der Waals surface area contributed by atoms with Crippen molar-refractivity contribution in [2.75, 3.05) is 6.61 Å². The summed E-state index contributed by atoms with van der Waals surface area (Å²) in [5.74, 6) is 0.825. The molecule has 0 saturated carbocycles. The van der Waals surface area contributed by atoms with Gasteiger partial charge in [-0.3, -0.25) is 4.79 Å².